The minimum atomic E-state index is 0.161. The third-order valence-corrected chi connectivity index (χ3v) is 4.24. The van der Waals surface area contributed by atoms with Crippen LogP contribution in [-0.4, -0.2) is 5.91 Å². The van der Waals surface area contributed by atoms with Crippen LogP contribution in [0, 0.1) is 5.92 Å². The van der Waals surface area contributed by atoms with Gasteiger partial charge >= 0.3 is 0 Å². The minimum absolute atomic E-state index is 0.161. The molecule has 1 amide bonds. The number of rotatable bonds is 4. The maximum absolute atomic E-state index is 11.9. The van der Waals surface area contributed by atoms with Gasteiger partial charge in [0.2, 0.25) is 5.91 Å². The Morgan fingerprint density at radius 3 is 2.44 bits per heavy atom. The molecular formula is C15H20BrNO. The van der Waals surface area contributed by atoms with Crippen LogP contribution in [0.4, 0.5) is 5.69 Å². The van der Waals surface area contributed by atoms with Crippen molar-refractivity contribution >= 4 is 27.5 Å². The van der Waals surface area contributed by atoms with E-state index in [1.807, 2.05) is 24.3 Å². The van der Waals surface area contributed by atoms with Crippen LogP contribution in [0.2, 0.25) is 0 Å². The van der Waals surface area contributed by atoms with Gasteiger partial charge in [0, 0.05) is 17.4 Å². The summed E-state index contributed by atoms with van der Waals surface area (Å²) < 4.78 is 0. The second-order valence-corrected chi connectivity index (χ2v) is 5.65. The van der Waals surface area contributed by atoms with Gasteiger partial charge in [-0.3, -0.25) is 4.79 Å². The van der Waals surface area contributed by atoms with E-state index in [2.05, 4.69) is 21.2 Å². The van der Waals surface area contributed by atoms with Gasteiger partial charge in [-0.2, -0.15) is 0 Å². The third-order valence-electron chi connectivity index (χ3n) is 3.59. The normalized spacial score (nSPS) is 16.5. The summed E-state index contributed by atoms with van der Waals surface area (Å²) >= 11 is 3.41. The maximum Gasteiger partial charge on any atom is 0.224 e. The summed E-state index contributed by atoms with van der Waals surface area (Å²) in [4.78, 5) is 11.9. The Kier molecular flexibility index (Phi) is 5.24. The number of halogens is 1. The summed E-state index contributed by atoms with van der Waals surface area (Å²) in [6.07, 6.45) is 7.04. The van der Waals surface area contributed by atoms with Crippen molar-refractivity contribution < 1.29 is 4.79 Å². The number of anilines is 1. The first-order valence-electron chi connectivity index (χ1n) is 6.72. The molecule has 18 heavy (non-hydrogen) atoms. The molecule has 0 radical (unpaired) electrons. The number of carbonyl (C=O) groups is 1. The molecule has 0 aliphatic heterocycles. The molecule has 1 aliphatic carbocycles. The quantitative estimate of drug-likeness (QED) is 0.816. The smallest absolute Gasteiger partial charge is 0.224 e. The molecular weight excluding hydrogens is 290 g/mol. The molecule has 0 bridgehead atoms. The van der Waals surface area contributed by atoms with Crippen molar-refractivity contribution in [3.05, 3.63) is 29.8 Å². The van der Waals surface area contributed by atoms with E-state index in [0.29, 0.717) is 12.3 Å². The van der Waals surface area contributed by atoms with Crippen LogP contribution in [0.1, 0.15) is 44.1 Å². The Morgan fingerprint density at radius 1 is 1.17 bits per heavy atom. The predicted octanol–water partition coefficient (Wildman–Crippen LogP) is 4.49. The number of alkyl halides is 1. The van der Waals surface area contributed by atoms with Crippen LogP contribution in [-0.2, 0) is 10.1 Å². The van der Waals surface area contributed by atoms with Crippen molar-refractivity contribution in [1.82, 2.24) is 0 Å². The molecule has 3 heteroatoms. The van der Waals surface area contributed by atoms with E-state index < -0.39 is 0 Å². The first kappa shape index (κ1) is 13.6. The monoisotopic (exact) mass is 309 g/mol. The van der Waals surface area contributed by atoms with Crippen molar-refractivity contribution in [3.63, 3.8) is 0 Å². The van der Waals surface area contributed by atoms with Crippen LogP contribution >= 0.6 is 15.9 Å². The molecule has 1 aliphatic rings. The van der Waals surface area contributed by atoms with Crippen molar-refractivity contribution in [2.45, 2.75) is 43.9 Å². The van der Waals surface area contributed by atoms with Crippen molar-refractivity contribution in [2.24, 2.45) is 5.92 Å². The van der Waals surface area contributed by atoms with Gasteiger partial charge in [0.25, 0.3) is 0 Å². The Hall–Kier alpha value is -0.830. The van der Waals surface area contributed by atoms with Gasteiger partial charge in [-0.1, -0.05) is 47.3 Å². The maximum atomic E-state index is 11.9. The molecule has 0 heterocycles. The highest BCUT2D eigenvalue weighted by atomic mass is 79.9. The van der Waals surface area contributed by atoms with Crippen LogP contribution < -0.4 is 5.32 Å². The largest absolute Gasteiger partial charge is 0.326 e. The number of amides is 1. The second-order valence-electron chi connectivity index (χ2n) is 5.09. The zero-order valence-corrected chi connectivity index (χ0v) is 12.2. The SMILES string of the molecule is O=C(CC1CCCCC1)Nc1ccc(CBr)cc1. The highest BCUT2D eigenvalue weighted by molar-refractivity contribution is 9.08. The highest BCUT2D eigenvalue weighted by Crippen LogP contribution is 2.26. The molecule has 1 N–H and O–H groups in total. The Labute approximate surface area is 117 Å². The van der Waals surface area contributed by atoms with E-state index in [1.165, 1.54) is 37.7 Å². The number of carbonyl (C=O) groups excluding carboxylic acids is 1. The number of hydrogen-bond acceptors (Lipinski definition) is 1. The van der Waals surface area contributed by atoms with Crippen LogP contribution in [0.15, 0.2) is 24.3 Å². The van der Waals surface area contributed by atoms with E-state index in [4.69, 9.17) is 0 Å². The summed E-state index contributed by atoms with van der Waals surface area (Å²) in [5, 5.41) is 3.84. The van der Waals surface area contributed by atoms with Crippen LogP contribution in [0.5, 0.6) is 0 Å². The standard InChI is InChI=1S/C15H20BrNO/c16-11-13-6-8-14(9-7-13)17-15(18)10-12-4-2-1-3-5-12/h6-9,12H,1-5,10-11H2,(H,17,18). The van der Waals surface area contributed by atoms with E-state index in [9.17, 15) is 4.79 Å². The number of nitrogens with one attached hydrogen (secondary N) is 1. The van der Waals surface area contributed by atoms with E-state index >= 15 is 0 Å². The van der Waals surface area contributed by atoms with Gasteiger partial charge in [0.15, 0.2) is 0 Å². The lowest BCUT2D eigenvalue weighted by atomic mass is 9.87. The lowest BCUT2D eigenvalue weighted by Crippen LogP contribution is -2.18. The molecule has 98 valence electrons. The average molecular weight is 310 g/mol. The molecule has 0 atom stereocenters. The topological polar surface area (TPSA) is 29.1 Å². The van der Waals surface area contributed by atoms with Crippen molar-refractivity contribution in [3.8, 4) is 0 Å². The first-order chi connectivity index (χ1) is 8.78. The van der Waals surface area contributed by atoms with Gasteiger partial charge in [-0.25, -0.2) is 0 Å². The molecule has 1 aromatic carbocycles. The fourth-order valence-electron chi connectivity index (χ4n) is 2.54. The Morgan fingerprint density at radius 2 is 1.83 bits per heavy atom. The lowest BCUT2D eigenvalue weighted by Gasteiger charge is -2.20. The second kappa shape index (κ2) is 6.93. The fourth-order valence-corrected chi connectivity index (χ4v) is 2.92. The van der Waals surface area contributed by atoms with Crippen molar-refractivity contribution in [1.29, 1.82) is 0 Å². The zero-order chi connectivity index (χ0) is 12.8. The molecule has 0 aromatic heterocycles. The minimum Gasteiger partial charge on any atom is -0.326 e. The molecule has 1 fully saturated rings. The van der Waals surface area contributed by atoms with Gasteiger partial charge < -0.3 is 5.32 Å². The highest BCUT2D eigenvalue weighted by Gasteiger charge is 2.16. The molecule has 1 saturated carbocycles. The summed E-state index contributed by atoms with van der Waals surface area (Å²) in [6, 6.07) is 8.00. The molecule has 2 rings (SSSR count). The summed E-state index contributed by atoms with van der Waals surface area (Å²) in [7, 11) is 0. The average Bonchev–Trinajstić information content (AvgIpc) is 2.40. The predicted molar refractivity (Wildman–Crippen MR) is 78.9 cm³/mol. The summed E-state index contributed by atoms with van der Waals surface area (Å²) in [6.45, 7) is 0. The molecule has 1 aromatic rings. The Bertz CT molecular complexity index is 382. The van der Waals surface area contributed by atoms with E-state index in [-0.39, 0.29) is 5.91 Å². The fraction of sp³-hybridized carbons (Fsp3) is 0.533. The first-order valence-corrected chi connectivity index (χ1v) is 7.85. The van der Waals surface area contributed by atoms with Gasteiger partial charge in [0.05, 0.1) is 0 Å². The summed E-state index contributed by atoms with van der Waals surface area (Å²) in [5.41, 5.74) is 2.13. The number of benzene rings is 1. The van der Waals surface area contributed by atoms with Gasteiger partial charge in [-0.05, 0) is 36.5 Å². The molecule has 0 spiro atoms. The van der Waals surface area contributed by atoms with E-state index in [0.717, 1.165) is 11.0 Å². The Balaban J connectivity index is 1.82. The van der Waals surface area contributed by atoms with Crippen LogP contribution in [0.3, 0.4) is 0 Å². The molecule has 0 saturated heterocycles. The zero-order valence-electron chi connectivity index (χ0n) is 10.6. The molecule has 2 nitrogen and oxygen atoms in total. The lowest BCUT2D eigenvalue weighted by molar-refractivity contribution is -0.117. The molecule has 0 unspecified atom stereocenters. The van der Waals surface area contributed by atoms with Gasteiger partial charge in [0.1, 0.15) is 0 Å². The third kappa shape index (κ3) is 4.13. The van der Waals surface area contributed by atoms with E-state index in [1.54, 1.807) is 0 Å². The van der Waals surface area contributed by atoms with Crippen LogP contribution in [0.25, 0.3) is 0 Å². The van der Waals surface area contributed by atoms with Crippen molar-refractivity contribution in [2.75, 3.05) is 5.32 Å². The summed E-state index contributed by atoms with van der Waals surface area (Å²) in [5.74, 6) is 0.758. The van der Waals surface area contributed by atoms with Gasteiger partial charge in [-0.15, -0.1) is 0 Å². The number of hydrogen-bond donors (Lipinski definition) is 1.